The molecule has 1 aliphatic heterocycles. The Balaban J connectivity index is 1.35. The van der Waals surface area contributed by atoms with Crippen molar-refractivity contribution >= 4 is 23.4 Å². The summed E-state index contributed by atoms with van der Waals surface area (Å²) >= 11 is 0. The predicted molar refractivity (Wildman–Crippen MR) is 154 cm³/mol. The lowest BCUT2D eigenvalue weighted by atomic mass is 9.72. The molecule has 41 heavy (non-hydrogen) atoms. The van der Waals surface area contributed by atoms with Crippen molar-refractivity contribution in [3.8, 4) is 11.3 Å². The Morgan fingerprint density at radius 1 is 1.20 bits per heavy atom. The van der Waals surface area contributed by atoms with Crippen LogP contribution in [0.25, 0.3) is 11.3 Å². The Kier molecular flexibility index (Phi) is 7.01. The maximum Gasteiger partial charge on any atom is 0.231 e. The number of nitrogens with zero attached hydrogens (tertiary/aromatic N) is 3. The third kappa shape index (κ3) is 5.30. The number of fused-ring (bicyclic) bond motifs is 1. The van der Waals surface area contributed by atoms with Crippen LogP contribution in [0, 0.1) is 11.3 Å². The number of Topliss-reactive ketones (excluding diaryl/α,β-unsaturated/α-hetero) is 1. The second-order valence-electron chi connectivity index (χ2n) is 12.3. The maximum atomic E-state index is 13.9. The van der Waals surface area contributed by atoms with Gasteiger partial charge in [-0.2, -0.15) is 0 Å². The van der Waals surface area contributed by atoms with Gasteiger partial charge in [0, 0.05) is 61.4 Å². The minimum absolute atomic E-state index is 0.0294. The van der Waals surface area contributed by atoms with Gasteiger partial charge in [0.2, 0.25) is 11.8 Å². The lowest BCUT2D eigenvalue weighted by Gasteiger charge is -2.35. The van der Waals surface area contributed by atoms with E-state index in [1.807, 2.05) is 62.3 Å². The van der Waals surface area contributed by atoms with E-state index in [9.17, 15) is 18.8 Å². The molecule has 2 aliphatic carbocycles. The summed E-state index contributed by atoms with van der Waals surface area (Å²) in [5.74, 6) is -0.671. The minimum atomic E-state index is -1.09. The van der Waals surface area contributed by atoms with E-state index in [-0.39, 0.29) is 30.4 Å². The average molecular weight is 558 g/mol. The van der Waals surface area contributed by atoms with E-state index in [1.54, 1.807) is 12.3 Å². The zero-order valence-electron chi connectivity index (χ0n) is 23.7. The summed E-state index contributed by atoms with van der Waals surface area (Å²) in [5.41, 5.74) is 4.05. The van der Waals surface area contributed by atoms with Crippen molar-refractivity contribution < 1.29 is 18.8 Å². The number of rotatable bonds is 7. The third-order valence-electron chi connectivity index (χ3n) is 8.85. The van der Waals surface area contributed by atoms with Crippen molar-refractivity contribution in [3.05, 3.63) is 71.0 Å². The van der Waals surface area contributed by atoms with Crippen molar-refractivity contribution in [2.24, 2.45) is 11.3 Å². The molecule has 9 heteroatoms. The van der Waals surface area contributed by atoms with Gasteiger partial charge in [-0.3, -0.25) is 14.4 Å². The number of aromatic nitrogens is 2. The largest absolute Gasteiger partial charge is 0.358 e. The van der Waals surface area contributed by atoms with Gasteiger partial charge in [-0.25, -0.2) is 9.37 Å². The number of hydrogen-bond acceptors (Lipinski definition) is 5. The summed E-state index contributed by atoms with van der Waals surface area (Å²) in [5, 5.41) is 2.73. The van der Waals surface area contributed by atoms with Crippen LogP contribution in [-0.4, -0.2) is 76.8 Å². The van der Waals surface area contributed by atoms with Gasteiger partial charge in [-0.1, -0.05) is 30.3 Å². The predicted octanol–water partition coefficient (Wildman–Crippen LogP) is 4.26. The Morgan fingerprint density at radius 3 is 2.63 bits per heavy atom. The number of benzene rings is 1. The van der Waals surface area contributed by atoms with Crippen LogP contribution in [0.2, 0.25) is 0 Å². The molecule has 2 aromatic heterocycles. The highest BCUT2D eigenvalue weighted by Gasteiger charge is 2.46. The molecule has 3 aromatic rings. The maximum absolute atomic E-state index is 13.9. The van der Waals surface area contributed by atoms with E-state index in [0.29, 0.717) is 43.4 Å². The van der Waals surface area contributed by atoms with Crippen LogP contribution >= 0.6 is 0 Å². The molecule has 1 aromatic carbocycles. The van der Waals surface area contributed by atoms with Crippen LogP contribution in [0.4, 0.5) is 10.2 Å². The Labute approximate surface area is 239 Å². The third-order valence-corrected chi connectivity index (χ3v) is 8.85. The van der Waals surface area contributed by atoms with Crippen molar-refractivity contribution in [2.45, 2.75) is 51.2 Å². The van der Waals surface area contributed by atoms with Gasteiger partial charge in [-0.05, 0) is 57.1 Å². The van der Waals surface area contributed by atoms with Crippen LogP contribution in [0.5, 0.6) is 0 Å². The van der Waals surface area contributed by atoms with Crippen molar-refractivity contribution in [2.75, 3.05) is 32.5 Å². The van der Waals surface area contributed by atoms with Crippen LogP contribution in [0.1, 0.15) is 53.4 Å². The van der Waals surface area contributed by atoms with Gasteiger partial charge >= 0.3 is 0 Å². The van der Waals surface area contributed by atoms with Crippen molar-refractivity contribution in [1.29, 1.82) is 0 Å². The summed E-state index contributed by atoms with van der Waals surface area (Å²) in [4.78, 5) is 51.9. The Morgan fingerprint density at radius 2 is 1.95 bits per heavy atom. The molecule has 3 aliphatic rings. The van der Waals surface area contributed by atoms with E-state index in [2.05, 4.69) is 20.2 Å². The lowest BCUT2D eigenvalue weighted by molar-refractivity contribution is -0.140. The number of ketones is 1. The number of amides is 2. The molecule has 4 atom stereocenters. The molecule has 1 saturated heterocycles. The number of hydrogen-bond donors (Lipinski definition) is 2. The first-order valence-electron chi connectivity index (χ1n) is 14.3. The minimum Gasteiger partial charge on any atom is -0.358 e. The van der Waals surface area contributed by atoms with Crippen LogP contribution in [-0.2, 0) is 22.4 Å². The number of pyridine rings is 1. The zero-order valence-corrected chi connectivity index (χ0v) is 23.7. The Bertz CT molecular complexity index is 1500. The smallest absolute Gasteiger partial charge is 0.231 e. The first-order chi connectivity index (χ1) is 19.6. The molecule has 2 amide bonds. The van der Waals surface area contributed by atoms with Gasteiger partial charge < -0.3 is 20.1 Å². The summed E-state index contributed by atoms with van der Waals surface area (Å²) < 4.78 is 13.4. The van der Waals surface area contributed by atoms with Gasteiger partial charge in [0.1, 0.15) is 12.0 Å². The molecule has 8 nitrogen and oxygen atoms in total. The van der Waals surface area contributed by atoms with Crippen molar-refractivity contribution in [1.82, 2.24) is 19.8 Å². The van der Waals surface area contributed by atoms with Crippen molar-refractivity contribution in [3.63, 3.8) is 0 Å². The molecule has 1 saturated carbocycles. The summed E-state index contributed by atoms with van der Waals surface area (Å²) in [7, 11) is 4.07. The molecule has 0 radical (unpaired) electrons. The highest BCUT2D eigenvalue weighted by molar-refractivity contribution is 6.05. The van der Waals surface area contributed by atoms with Gasteiger partial charge in [0.05, 0.1) is 17.0 Å². The van der Waals surface area contributed by atoms with E-state index < -0.39 is 17.5 Å². The fourth-order valence-corrected chi connectivity index (χ4v) is 6.37. The highest BCUT2D eigenvalue weighted by atomic mass is 19.1. The molecule has 214 valence electrons. The topological polar surface area (TPSA) is 98.4 Å². The van der Waals surface area contributed by atoms with E-state index in [1.165, 1.54) is 0 Å². The van der Waals surface area contributed by atoms with Crippen LogP contribution in [0.15, 0.2) is 48.7 Å². The lowest BCUT2D eigenvalue weighted by Crippen LogP contribution is -2.46. The summed E-state index contributed by atoms with van der Waals surface area (Å²) in [6.07, 6.45) is 2.80. The Hall–Kier alpha value is -3.85. The van der Waals surface area contributed by atoms with E-state index >= 15 is 0 Å². The van der Waals surface area contributed by atoms with Gasteiger partial charge in [0.25, 0.3) is 0 Å². The number of halogens is 1. The fourth-order valence-electron chi connectivity index (χ4n) is 6.37. The first-order valence-corrected chi connectivity index (χ1v) is 14.3. The molecule has 6 rings (SSSR count). The fraction of sp³-hybridized carbons (Fsp3) is 0.438. The summed E-state index contributed by atoms with van der Waals surface area (Å²) in [6.45, 7) is 3.28. The molecule has 2 N–H and O–H groups in total. The van der Waals surface area contributed by atoms with E-state index in [4.69, 9.17) is 0 Å². The number of nitrogens with one attached hydrogen (secondary N) is 2. The SMILES string of the molecule is CN(C)[C@@H]1CCN(C(=O)C2(C)CC(=O)c3c([nH]c(-c4ccnc(NC(=O)[C@@H]5C[C@@H]5F)c4)c3Cc3ccccc3)C2)C1. The normalized spacial score (nSPS) is 25.3. The number of carbonyl (C=O) groups is 3. The molecule has 2 fully saturated rings. The number of likely N-dealkylation sites (tertiary alicyclic amines) is 1. The van der Waals surface area contributed by atoms with Gasteiger partial charge in [0.15, 0.2) is 5.78 Å². The number of H-pyrrole nitrogens is 1. The second kappa shape index (κ2) is 10.5. The second-order valence-corrected chi connectivity index (χ2v) is 12.3. The van der Waals surface area contributed by atoms with Crippen LogP contribution in [0.3, 0.4) is 0 Å². The standard InChI is InChI=1S/C32H36FN5O3/c1-32(31(41)38-12-10-21(18-38)37(2)3)16-25-28(26(39)17-32)23(13-19-7-5-4-6-8-19)29(35-25)20-9-11-34-27(14-20)36-30(40)22-15-24(22)33/h4-9,11,14,21-22,24,35H,10,12-13,15-18H2,1-3H3,(H,34,36,40)/t21-,22-,24+,32?/m1/s1. The number of carbonyl (C=O) groups excluding carboxylic acids is 3. The first kappa shape index (κ1) is 27.3. The number of alkyl halides is 1. The van der Waals surface area contributed by atoms with Crippen LogP contribution < -0.4 is 5.32 Å². The van der Waals surface area contributed by atoms with E-state index in [0.717, 1.165) is 34.5 Å². The highest BCUT2D eigenvalue weighted by Crippen LogP contribution is 2.42. The number of likely N-dealkylation sites (N-methyl/N-ethyl adjacent to an activating group) is 1. The quantitative estimate of drug-likeness (QED) is 0.452. The number of aromatic amines is 1. The summed E-state index contributed by atoms with van der Waals surface area (Å²) in [6, 6.07) is 13.9. The monoisotopic (exact) mass is 557 g/mol. The molecule has 0 spiro atoms. The molecular formula is C32H36FN5O3. The zero-order chi connectivity index (χ0) is 28.9. The molecule has 3 heterocycles. The molecule has 0 bridgehead atoms. The van der Waals surface area contributed by atoms with Gasteiger partial charge in [-0.15, -0.1) is 0 Å². The molecular weight excluding hydrogens is 521 g/mol. The number of anilines is 1. The average Bonchev–Trinajstić information content (AvgIpc) is 3.31. The molecule has 1 unspecified atom stereocenters.